The van der Waals surface area contributed by atoms with Crippen molar-refractivity contribution < 1.29 is 9.18 Å². The number of carbonyl (C=O) groups excluding carboxylic acids is 1. The summed E-state index contributed by atoms with van der Waals surface area (Å²) in [4.78, 5) is 21.6. The van der Waals surface area contributed by atoms with Crippen LogP contribution in [0, 0.1) is 5.82 Å². The number of nitrogens with zero attached hydrogens (tertiary/aromatic N) is 3. The summed E-state index contributed by atoms with van der Waals surface area (Å²) >= 11 is 0. The van der Waals surface area contributed by atoms with Crippen molar-refractivity contribution in [2.24, 2.45) is 0 Å². The second-order valence-corrected chi connectivity index (χ2v) is 4.86. The quantitative estimate of drug-likeness (QED) is 0.846. The molecule has 2 rings (SSSR count). The van der Waals surface area contributed by atoms with Gasteiger partial charge in [0.05, 0.1) is 6.20 Å². The topological polar surface area (TPSA) is 70.2 Å². The molecule has 1 aliphatic heterocycles. The summed E-state index contributed by atoms with van der Waals surface area (Å²) in [6.07, 6.45) is 1.13. The number of carbonyl (C=O) groups is 1. The zero-order chi connectivity index (χ0) is 14.0. The fourth-order valence-corrected chi connectivity index (χ4v) is 2.06. The summed E-state index contributed by atoms with van der Waals surface area (Å²) < 4.78 is 13.9. The van der Waals surface area contributed by atoms with Crippen LogP contribution < -0.4 is 15.5 Å². The average Bonchev–Trinajstić information content (AvgIpc) is 2.36. The summed E-state index contributed by atoms with van der Waals surface area (Å²) in [5.74, 6) is -0.141. The van der Waals surface area contributed by atoms with Gasteiger partial charge in [0.2, 0.25) is 11.9 Å². The number of piperazine rings is 1. The van der Waals surface area contributed by atoms with E-state index in [4.69, 9.17) is 0 Å². The predicted octanol–water partition coefficient (Wildman–Crippen LogP) is 0.762. The first kappa shape index (κ1) is 13.5. The molecular weight excluding hydrogens is 249 g/mol. The second-order valence-electron chi connectivity index (χ2n) is 4.86. The number of hydrogen-bond acceptors (Lipinski definition) is 5. The highest BCUT2D eigenvalue weighted by atomic mass is 19.1. The molecule has 1 aromatic heterocycles. The molecule has 0 bridgehead atoms. The van der Waals surface area contributed by atoms with Crippen molar-refractivity contribution in [2.75, 3.05) is 29.9 Å². The number of hydrogen-bond donors (Lipinski definition) is 2. The molecule has 1 saturated heterocycles. The van der Waals surface area contributed by atoms with Crippen molar-refractivity contribution in [2.45, 2.75) is 26.3 Å². The van der Waals surface area contributed by atoms with E-state index in [1.807, 2.05) is 6.92 Å². The molecule has 104 valence electrons. The van der Waals surface area contributed by atoms with Crippen molar-refractivity contribution in [3.05, 3.63) is 12.0 Å². The van der Waals surface area contributed by atoms with Gasteiger partial charge in [0, 0.05) is 19.6 Å². The second kappa shape index (κ2) is 4.99. The van der Waals surface area contributed by atoms with Gasteiger partial charge in [-0.2, -0.15) is 4.98 Å². The number of nitrogens with one attached hydrogen (secondary N) is 2. The Morgan fingerprint density at radius 1 is 1.58 bits per heavy atom. The van der Waals surface area contributed by atoms with Crippen molar-refractivity contribution in [3.8, 4) is 0 Å². The summed E-state index contributed by atoms with van der Waals surface area (Å²) in [7, 11) is 0. The molecule has 1 fully saturated rings. The monoisotopic (exact) mass is 267 g/mol. The fourth-order valence-electron chi connectivity index (χ4n) is 2.06. The molecule has 1 aromatic rings. The maximum Gasteiger partial charge on any atom is 0.245 e. The molecule has 0 radical (unpaired) electrons. The normalized spacial score (nSPS) is 18.1. The van der Waals surface area contributed by atoms with Crippen LogP contribution in [0.25, 0.3) is 0 Å². The largest absolute Gasteiger partial charge is 0.354 e. The zero-order valence-electron chi connectivity index (χ0n) is 11.3. The standard InChI is InChI=1S/C12H18FN5O/c1-4-14-11-16-7-8(13)9(17-11)18-6-5-15-10(19)12(18,2)3/h7H,4-6H2,1-3H3,(H,15,19)(H,14,16,17). The van der Waals surface area contributed by atoms with Gasteiger partial charge < -0.3 is 15.5 Å². The van der Waals surface area contributed by atoms with Gasteiger partial charge in [0.25, 0.3) is 0 Å². The molecule has 0 aromatic carbocycles. The van der Waals surface area contributed by atoms with Crippen LogP contribution in [0.15, 0.2) is 6.20 Å². The highest BCUT2D eigenvalue weighted by molar-refractivity contribution is 5.90. The van der Waals surface area contributed by atoms with Crippen LogP contribution in [0.2, 0.25) is 0 Å². The molecular formula is C12H18FN5O. The van der Waals surface area contributed by atoms with Crippen LogP contribution in [-0.4, -0.2) is 41.0 Å². The molecule has 6 nitrogen and oxygen atoms in total. The number of halogens is 1. The highest BCUT2D eigenvalue weighted by Crippen LogP contribution is 2.27. The van der Waals surface area contributed by atoms with E-state index in [9.17, 15) is 9.18 Å². The smallest absolute Gasteiger partial charge is 0.245 e. The van der Waals surface area contributed by atoms with Gasteiger partial charge in [-0.1, -0.05) is 0 Å². The third-order valence-corrected chi connectivity index (χ3v) is 3.17. The fraction of sp³-hybridized carbons (Fsp3) is 0.583. The first-order chi connectivity index (χ1) is 8.96. The Balaban J connectivity index is 2.39. The summed E-state index contributed by atoms with van der Waals surface area (Å²) in [6.45, 7) is 7.03. The Hall–Kier alpha value is -1.92. The molecule has 7 heteroatoms. The Bertz CT molecular complexity index is 491. The van der Waals surface area contributed by atoms with E-state index in [0.29, 0.717) is 25.6 Å². The lowest BCUT2D eigenvalue weighted by molar-refractivity contribution is -0.126. The lowest BCUT2D eigenvalue weighted by Gasteiger charge is -2.41. The number of rotatable bonds is 3. The van der Waals surface area contributed by atoms with Crippen LogP contribution in [0.3, 0.4) is 0 Å². The third-order valence-electron chi connectivity index (χ3n) is 3.17. The SMILES string of the molecule is CCNc1ncc(F)c(N2CCNC(=O)C2(C)C)n1. The Morgan fingerprint density at radius 2 is 2.32 bits per heavy atom. The van der Waals surface area contributed by atoms with Gasteiger partial charge in [-0.3, -0.25) is 4.79 Å². The van der Waals surface area contributed by atoms with Gasteiger partial charge in [-0.25, -0.2) is 9.37 Å². The van der Waals surface area contributed by atoms with E-state index in [1.54, 1.807) is 18.7 Å². The summed E-state index contributed by atoms with van der Waals surface area (Å²) in [5, 5.41) is 5.71. The van der Waals surface area contributed by atoms with Crippen LogP contribution in [0.5, 0.6) is 0 Å². The highest BCUT2D eigenvalue weighted by Gasteiger charge is 2.39. The Morgan fingerprint density at radius 3 is 3.00 bits per heavy atom. The lowest BCUT2D eigenvalue weighted by atomic mass is 9.99. The first-order valence-electron chi connectivity index (χ1n) is 6.29. The molecule has 0 aliphatic carbocycles. The molecule has 2 heterocycles. The van der Waals surface area contributed by atoms with E-state index >= 15 is 0 Å². The van der Waals surface area contributed by atoms with E-state index in [-0.39, 0.29) is 11.7 Å². The van der Waals surface area contributed by atoms with Gasteiger partial charge in [0.1, 0.15) is 5.54 Å². The van der Waals surface area contributed by atoms with Crippen LogP contribution in [0.1, 0.15) is 20.8 Å². The van der Waals surface area contributed by atoms with Gasteiger partial charge in [-0.15, -0.1) is 0 Å². The van der Waals surface area contributed by atoms with Crippen LogP contribution in [0.4, 0.5) is 16.2 Å². The van der Waals surface area contributed by atoms with Gasteiger partial charge in [0.15, 0.2) is 11.6 Å². The molecule has 0 atom stereocenters. The van der Waals surface area contributed by atoms with Crippen LogP contribution in [-0.2, 0) is 4.79 Å². The van der Waals surface area contributed by atoms with E-state index < -0.39 is 11.4 Å². The first-order valence-corrected chi connectivity index (χ1v) is 6.29. The molecule has 19 heavy (non-hydrogen) atoms. The van der Waals surface area contributed by atoms with E-state index in [2.05, 4.69) is 20.6 Å². The Labute approximate surface area is 111 Å². The van der Waals surface area contributed by atoms with E-state index in [1.165, 1.54) is 0 Å². The van der Waals surface area contributed by atoms with Crippen molar-refractivity contribution in [1.29, 1.82) is 0 Å². The van der Waals surface area contributed by atoms with Crippen LogP contribution >= 0.6 is 0 Å². The number of aromatic nitrogens is 2. The molecule has 1 amide bonds. The van der Waals surface area contributed by atoms with Crippen molar-refractivity contribution in [3.63, 3.8) is 0 Å². The molecule has 0 unspecified atom stereocenters. The van der Waals surface area contributed by atoms with Gasteiger partial charge in [-0.05, 0) is 20.8 Å². The minimum absolute atomic E-state index is 0.137. The number of amides is 1. The average molecular weight is 267 g/mol. The third kappa shape index (κ3) is 2.45. The molecule has 0 spiro atoms. The zero-order valence-corrected chi connectivity index (χ0v) is 11.3. The number of anilines is 2. The molecule has 1 aliphatic rings. The maximum atomic E-state index is 13.9. The lowest BCUT2D eigenvalue weighted by Crippen LogP contribution is -2.62. The van der Waals surface area contributed by atoms with E-state index in [0.717, 1.165) is 6.20 Å². The summed E-state index contributed by atoms with van der Waals surface area (Å²) in [6, 6.07) is 0. The predicted molar refractivity (Wildman–Crippen MR) is 70.6 cm³/mol. The maximum absolute atomic E-state index is 13.9. The molecule has 0 saturated carbocycles. The van der Waals surface area contributed by atoms with Gasteiger partial charge >= 0.3 is 0 Å². The minimum Gasteiger partial charge on any atom is -0.354 e. The minimum atomic E-state index is -0.836. The van der Waals surface area contributed by atoms with Crippen molar-refractivity contribution in [1.82, 2.24) is 15.3 Å². The Kier molecular flexibility index (Phi) is 3.55. The molecule has 2 N–H and O–H groups in total. The summed E-state index contributed by atoms with van der Waals surface area (Å²) in [5.41, 5.74) is -0.836. The van der Waals surface area contributed by atoms with Crippen molar-refractivity contribution >= 4 is 17.7 Å².